The van der Waals surface area contributed by atoms with Crippen molar-refractivity contribution >= 4 is 61.5 Å². The fourth-order valence-corrected chi connectivity index (χ4v) is 3.93. The van der Waals surface area contributed by atoms with Gasteiger partial charge in [-0.25, -0.2) is 8.42 Å². The summed E-state index contributed by atoms with van der Waals surface area (Å²) in [7, 11) is -3.72. The molecule has 0 atom stereocenters. The molecule has 0 radical (unpaired) electrons. The van der Waals surface area contributed by atoms with Crippen LogP contribution in [0.5, 0.6) is 0 Å². The van der Waals surface area contributed by atoms with Crippen LogP contribution in [0, 0.1) is 3.57 Å². The van der Waals surface area contributed by atoms with Crippen LogP contribution >= 0.6 is 34.2 Å². The Balaban J connectivity index is 1.73. The Labute approximate surface area is 175 Å². The van der Waals surface area contributed by atoms with Gasteiger partial charge in [-0.15, -0.1) is 0 Å². The molecule has 8 heteroatoms. The number of rotatable bonds is 5. The quantitative estimate of drug-likeness (QED) is 0.473. The SMILES string of the molecule is O=C(Nc1ccc(S(=O)(=O)Nc2ccc(I)cc2)cc1)c1ccccc1Cl. The normalized spacial score (nSPS) is 11.0. The molecular formula is C19H14ClIN2O3S. The van der Waals surface area contributed by atoms with Crippen LogP contribution in [-0.4, -0.2) is 14.3 Å². The summed E-state index contributed by atoms with van der Waals surface area (Å²) in [6.45, 7) is 0. The molecular weight excluding hydrogens is 499 g/mol. The molecule has 0 aromatic heterocycles. The van der Waals surface area contributed by atoms with Crippen molar-refractivity contribution in [2.45, 2.75) is 4.90 Å². The lowest BCUT2D eigenvalue weighted by Gasteiger charge is -2.10. The van der Waals surface area contributed by atoms with Crippen molar-refractivity contribution in [3.8, 4) is 0 Å². The van der Waals surface area contributed by atoms with Gasteiger partial charge in [-0.05, 0) is 83.3 Å². The molecule has 2 N–H and O–H groups in total. The molecule has 0 aliphatic heterocycles. The molecule has 0 aliphatic carbocycles. The topological polar surface area (TPSA) is 75.3 Å². The number of benzene rings is 3. The van der Waals surface area contributed by atoms with E-state index in [1.165, 1.54) is 24.3 Å². The Morgan fingerprint density at radius 2 is 1.44 bits per heavy atom. The molecule has 3 aromatic carbocycles. The summed E-state index contributed by atoms with van der Waals surface area (Å²) in [5.41, 5.74) is 1.29. The molecule has 0 saturated carbocycles. The average molecular weight is 513 g/mol. The number of sulfonamides is 1. The number of amides is 1. The third kappa shape index (κ3) is 5.00. The zero-order valence-electron chi connectivity index (χ0n) is 13.8. The summed E-state index contributed by atoms with van der Waals surface area (Å²) in [5, 5.41) is 3.04. The molecule has 0 heterocycles. The molecule has 0 aliphatic rings. The van der Waals surface area contributed by atoms with E-state index in [2.05, 4.69) is 32.6 Å². The number of hydrogen-bond acceptors (Lipinski definition) is 3. The number of hydrogen-bond donors (Lipinski definition) is 2. The van der Waals surface area contributed by atoms with Gasteiger partial charge in [0.2, 0.25) is 0 Å². The number of anilines is 2. The molecule has 3 rings (SSSR count). The largest absolute Gasteiger partial charge is 0.322 e. The number of halogens is 2. The Bertz CT molecular complexity index is 1070. The average Bonchev–Trinajstić information content (AvgIpc) is 2.64. The highest BCUT2D eigenvalue weighted by molar-refractivity contribution is 14.1. The van der Waals surface area contributed by atoms with Crippen LogP contribution < -0.4 is 10.0 Å². The van der Waals surface area contributed by atoms with E-state index in [0.717, 1.165) is 3.57 Å². The predicted molar refractivity (Wildman–Crippen MR) is 116 cm³/mol. The maximum Gasteiger partial charge on any atom is 0.261 e. The molecule has 0 unspecified atom stereocenters. The maximum absolute atomic E-state index is 12.5. The van der Waals surface area contributed by atoms with Crippen LogP contribution in [0.1, 0.15) is 10.4 Å². The van der Waals surface area contributed by atoms with Gasteiger partial charge in [0, 0.05) is 14.9 Å². The molecule has 0 saturated heterocycles. The molecule has 0 bridgehead atoms. The van der Waals surface area contributed by atoms with Crippen molar-refractivity contribution in [1.82, 2.24) is 0 Å². The van der Waals surface area contributed by atoms with Gasteiger partial charge in [0.05, 0.1) is 15.5 Å². The zero-order chi connectivity index (χ0) is 19.4. The third-order valence-corrected chi connectivity index (χ3v) is 6.08. The van der Waals surface area contributed by atoms with Crippen LogP contribution in [0.2, 0.25) is 5.02 Å². The molecule has 3 aromatic rings. The highest BCUT2D eigenvalue weighted by Crippen LogP contribution is 2.21. The first-order chi connectivity index (χ1) is 12.8. The summed E-state index contributed by atoms with van der Waals surface area (Å²) in [6, 6.07) is 19.6. The molecule has 27 heavy (non-hydrogen) atoms. The van der Waals surface area contributed by atoms with Crippen LogP contribution in [0.15, 0.2) is 77.7 Å². The minimum atomic E-state index is -3.72. The summed E-state index contributed by atoms with van der Waals surface area (Å²) >= 11 is 8.15. The number of nitrogens with one attached hydrogen (secondary N) is 2. The minimum absolute atomic E-state index is 0.0943. The van der Waals surface area contributed by atoms with E-state index in [4.69, 9.17) is 11.6 Å². The van der Waals surface area contributed by atoms with E-state index in [1.54, 1.807) is 36.4 Å². The third-order valence-electron chi connectivity index (χ3n) is 3.64. The van der Waals surface area contributed by atoms with E-state index in [-0.39, 0.29) is 10.8 Å². The van der Waals surface area contributed by atoms with Crippen LogP contribution in [0.3, 0.4) is 0 Å². The highest BCUT2D eigenvalue weighted by atomic mass is 127. The van der Waals surface area contributed by atoms with Crippen LogP contribution in [-0.2, 0) is 10.0 Å². The fourth-order valence-electron chi connectivity index (χ4n) is 2.29. The summed E-state index contributed by atoms with van der Waals surface area (Å²) in [4.78, 5) is 12.4. The minimum Gasteiger partial charge on any atom is -0.322 e. The van der Waals surface area contributed by atoms with Crippen molar-refractivity contribution in [1.29, 1.82) is 0 Å². The molecule has 5 nitrogen and oxygen atoms in total. The Morgan fingerprint density at radius 1 is 0.852 bits per heavy atom. The monoisotopic (exact) mass is 512 g/mol. The standard InChI is InChI=1S/C19H14ClIN2O3S/c20-18-4-2-1-3-17(18)19(24)22-14-9-11-16(12-10-14)27(25,26)23-15-7-5-13(21)6-8-15/h1-12,23H,(H,22,24). The van der Waals surface area contributed by atoms with Gasteiger partial charge in [0.15, 0.2) is 0 Å². The lowest BCUT2D eigenvalue weighted by atomic mass is 10.2. The van der Waals surface area contributed by atoms with Crippen molar-refractivity contribution in [3.05, 3.63) is 87.0 Å². The van der Waals surface area contributed by atoms with E-state index in [9.17, 15) is 13.2 Å². The highest BCUT2D eigenvalue weighted by Gasteiger charge is 2.15. The Hall–Kier alpha value is -2.10. The maximum atomic E-state index is 12.5. The molecule has 1 amide bonds. The molecule has 0 spiro atoms. The first-order valence-electron chi connectivity index (χ1n) is 7.79. The van der Waals surface area contributed by atoms with Crippen LogP contribution in [0.25, 0.3) is 0 Å². The van der Waals surface area contributed by atoms with Crippen molar-refractivity contribution in [3.63, 3.8) is 0 Å². The van der Waals surface area contributed by atoms with Gasteiger partial charge in [0.25, 0.3) is 15.9 Å². The second kappa shape index (κ2) is 8.28. The first-order valence-corrected chi connectivity index (χ1v) is 10.7. The van der Waals surface area contributed by atoms with E-state index < -0.39 is 10.0 Å². The van der Waals surface area contributed by atoms with Gasteiger partial charge in [-0.1, -0.05) is 23.7 Å². The lowest BCUT2D eigenvalue weighted by Crippen LogP contribution is -2.14. The summed E-state index contributed by atoms with van der Waals surface area (Å²) < 4.78 is 28.5. The first kappa shape index (κ1) is 19.7. The van der Waals surface area contributed by atoms with Gasteiger partial charge in [-0.3, -0.25) is 9.52 Å². The smallest absolute Gasteiger partial charge is 0.261 e. The lowest BCUT2D eigenvalue weighted by molar-refractivity contribution is 0.102. The summed E-state index contributed by atoms with van der Waals surface area (Å²) in [6.07, 6.45) is 0. The van der Waals surface area contributed by atoms with Crippen LogP contribution in [0.4, 0.5) is 11.4 Å². The molecule has 138 valence electrons. The summed E-state index contributed by atoms with van der Waals surface area (Å²) in [5.74, 6) is -0.367. The van der Waals surface area contributed by atoms with E-state index >= 15 is 0 Å². The Kier molecular flexibility index (Phi) is 6.03. The second-order valence-electron chi connectivity index (χ2n) is 5.57. The number of carbonyl (C=O) groups excluding carboxylic acids is 1. The van der Waals surface area contributed by atoms with Gasteiger partial charge in [-0.2, -0.15) is 0 Å². The van der Waals surface area contributed by atoms with Crippen molar-refractivity contribution in [2.75, 3.05) is 10.0 Å². The fraction of sp³-hybridized carbons (Fsp3) is 0. The van der Waals surface area contributed by atoms with Gasteiger partial charge >= 0.3 is 0 Å². The van der Waals surface area contributed by atoms with Crippen molar-refractivity contribution in [2.24, 2.45) is 0 Å². The zero-order valence-corrected chi connectivity index (χ0v) is 17.5. The second-order valence-corrected chi connectivity index (χ2v) is 8.91. The Morgan fingerprint density at radius 3 is 2.07 bits per heavy atom. The predicted octanol–water partition coefficient (Wildman–Crippen LogP) is 5.00. The van der Waals surface area contributed by atoms with E-state index in [1.807, 2.05) is 12.1 Å². The van der Waals surface area contributed by atoms with E-state index in [0.29, 0.717) is 22.0 Å². The number of carbonyl (C=O) groups is 1. The van der Waals surface area contributed by atoms with Crippen molar-refractivity contribution < 1.29 is 13.2 Å². The molecule has 0 fully saturated rings. The van der Waals surface area contributed by atoms with Gasteiger partial charge in [0.1, 0.15) is 0 Å². The van der Waals surface area contributed by atoms with Gasteiger partial charge < -0.3 is 5.32 Å².